The molecule has 4 rings (SSSR count). The number of aliphatic hydroxyl groups is 1. The highest BCUT2D eigenvalue weighted by atomic mass is 35.5. The van der Waals surface area contributed by atoms with Crippen molar-refractivity contribution >= 4 is 28.4 Å². The number of benzene rings is 1. The fraction of sp³-hybridized carbons (Fsp3) is 0.316. The Morgan fingerprint density at radius 2 is 2.19 bits per heavy atom. The van der Waals surface area contributed by atoms with Crippen molar-refractivity contribution in [3.05, 3.63) is 59.8 Å². The summed E-state index contributed by atoms with van der Waals surface area (Å²) in [6.45, 7) is 0.784. The minimum Gasteiger partial charge on any atom is -0.391 e. The molecule has 1 saturated carbocycles. The number of aliphatic hydroxyl groups excluding tert-OH is 1. The predicted octanol–water partition coefficient (Wildman–Crippen LogP) is 2.65. The number of hydrogen-bond donors (Lipinski definition) is 2. The highest BCUT2D eigenvalue weighted by Gasteiger charge is 2.34. The Labute approximate surface area is 155 Å². The average Bonchev–Trinajstić information content (AvgIpc) is 3.26. The van der Waals surface area contributed by atoms with E-state index in [4.69, 9.17) is 11.6 Å². The molecule has 1 unspecified atom stereocenters. The maximum atomic E-state index is 12.7. The normalized spacial score (nSPS) is 22.6. The monoisotopic (exact) mass is 370 g/mol. The van der Waals surface area contributed by atoms with E-state index in [1.165, 1.54) is 0 Å². The first-order chi connectivity index (χ1) is 12.6. The molecule has 1 aliphatic rings. The van der Waals surface area contributed by atoms with Gasteiger partial charge in [-0.25, -0.2) is 4.98 Å². The van der Waals surface area contributed by atoms with Crippen LogP contribution in [-0.2, 0) is 6.54 Å². The summed E-state index contributed by atoms with van der Waals surface area (Å²) >= 11 is 6.41. The van der Waals surface area contributed by atoms with Crippen LogP contribution in [0.15, 0.2) is 49.2 Å². The molecular weight excluding hydrogens is 352 g/mol. The number of imidazole rings is 1. The molecule has 1 fully saturated rings. The molecule has 1 amide bonds. The van der Waals surface area contributed by atoms with Crippen LogP contribution in [0, 0.1) is 5.92 Å². The fourth-order valence-corrected chi connectivity index (χ4v) is 3.96. The summed E-state index contributed by atoms with van der Waals surface area (Å²) in [6.07, 6.45) is 7.90. The summed E-state index contributed by atoms with van der Waals surface area (Å²) in [4.78, 5) is 21.0. The molecule has 26 heavy (non-hydrogen) atoms. The Hall–Kier alpha value is -2.44. The van der Waals surface area contributed by atoms with E-state index < -0.39 is 6.10 Å². The molecule has 1 aromatic carbocycles. The van der Waals surface area contributed by atoms with Crippen molar-refractivity contribution in [2.45, 2.75) is 31.5 Å². The Morgan fingerprint density at radius 3 is 3.00 bits per heavy atom. The van der Waals surface area contributed by atoms with Crippen LogP contribution in [0.25, 0.3) is 10.9 Å². The third-order valence-electron chi connectivity index (χ3n) is 4.94. The van der Waals surface area contributed by atoms with E-state index in [9.17, 15) is 9.90 Å². The Bertz CT molecular complexity index is 928. The molecule has 2 N–H and O–H groups in total. The third kappa shape index (κ3) is 3.30. The zero-order valence-corrected chi connectivity index (χ0v) is 14.8. The molecule has 3 atom stereocenters. The molecule has 0 bridgehead atoms. The second-order valence-electron chi connectivity index (χ2n) is 6.74. The summed E-state index contributed by atoms with van der Waals surface area (Å²) in [5.74, 6) is 0.0221. The van der Waals surface area contributed by atoms with Crippen LogP contribution >= 0.6 is 11.6 Å². The van der Waals surface area contributed by atoms with Crippen LogP contribution in [-0.4, -0.2) is 37.7 Å². The van der Waals surface area contributed by atoms with Crippen molar-refractivity contribution in [3.8, 4) is 0 Å². The van der Waals surface area contributed by atoms with E-state index in [1.54, 1.807) is 36.9 Å². The number of nitrogens with zero attached hydrogens (tertiary/aromatic N) is 3. The number of nitrogens with one attached hydrogen (secondary N) is 1. The number of amides is 1. The molecule has 0 aliphatic heterocycles. The Balaban J connectivity index is 1.47. The van der Waals surface area contributed by atoms with Gasteiger partial charge in [-0.1, -0.05) is 11.6 Å². The lowest BCUT2D eigenvalue weighted by Crippen LogP contribution is -2.40. The van der Waals surface area contributed by atoms with Gasteiger partial charge in [0.2, 0.25) is 0 Å². The van der Waals surface area contributed by atoms with Gasteiger partial charge in [-0.15, -0.1) is 0 Å². The van der Waals surface area contributed by atoms with Crippen LogP contribution in [0.4, 0.5) is 0 Å². The van der Waals surface area contributed by atoms with E-state index in [-0.39, 0.29) is 11.9 Å². The predicted molar refractivity (Wildman–Crippen MR) is 99.0 cm³/mol. The van der Waals surface area contributed by atoms with Crippen LogP contribution in [0.1, 0.15) is 23.2 Å². The lowest BCUT2D eigenvalue weighted by atomic mass is 10.1. The van der Waals surface area contributed by atoms with E-state index in [0.717, 1.165) is 23.9 Å². The molecular formula is C19H19ClN4O2. The zero-order chi connectivity index (χ0) is 18.1. The van der Waals surface area contributed by atoms with Gasteiger partial charge in [-0.3, -0.25) is 9.78 Å². The maximum Gasteiger partial charge on any atom is 0.253 e. The summed E-state index contributed by atoms with van der Waals surface area (Å²) < 4.78 is 1.99. The highest BCUT2D eigenvalue weighted by Crippen LogP contribution is 2.29. The first kappa shape index (κ1) is 17.0. The fourth-order valence-electron chi connectivity index (χ4n) is 3.65. The number of aromatic nitrogens is 3. The summed E-state index contributed by atoms with van der Waals surface area (Å²) in [7, 11) is 0. The van der Waals surface area contributed by atoms with Crippen molar-refractivity contribution < 1.29 is 9.90 Å². The number of halogens is 1. The van der Waals surface area contributed by atoms with Gasteiger partial charge in [0.05, 0.1) is 34.6 Å². The van der Waals surface area contributed by atoms with Crippen molar-refractivity contribution in [2.24, 2.45) is 5.92 Å². The number of carbonyl (C=O) groups excluding carboxylic acids is 1. The SMILES string of the molecule is O=C(N[C@@H]1CC(Cn2ccnc2)C[C@H]1O)c1ccc2ncccc2c1Cl. The van der Waals surface area contributed by atoms with E-state index in [1.807, 2.05) is 16.8 Å². The standard InChI is InChI=1S/C19H19ClN4O2/c20-18-13-2-1-5-22-15(13)4-3-14(18)19(26)23-16-8-12(9-17(16)25)10-24-7-6-21-11-24/h1-7,11-12,16-17,25H,8-10H2,(H,23,26)/t12?,16-,17-/m1/s1. The summed E-state index contributed by atoms with van der Waals surface area (Å²) in [5, 5.41) is 14.4. The Morgan fingerprint density at radius 1 is 1.31 bits per heavy atom. The largest absolute Gasteiger partial charge is 0.391 e. The average molecular weight is 371 g/mol. The van der Waals surface area contributed by atoms with Gasteiger partial charge < -0.3 is 15.0 Å². The molecule has 2 heterocycles. The van der Waals surface area contributed by atoms with Gasteiger partial charge in [-0.05, 0) is 43.0 Å². The number of carbonyl (C=O) groups is 1. The highest BCUT2D eigenvalue weighted by molar-refractivity contribution is 6.38. The van der Waals surface area contributed by atoms with Gasteiger partial charge in [0.1, 0.15) is 0 Å². The lowest BCUT2D eigenvalue weighted by molar-refractivity contribution is 0.0873. The van der Waals surface area contributed by atoms with Crippen molar-refractivity contribution in [2.75, 3.05) is 0 Å². The maximum absolute atomic E-state index is 12.7. The topological polar surface area (TPSA) is 80.0 Å². The van der Waals surface area contributed by atoms with Gasteiger partial charge in [0, 0.05) is 30.5 Å². The first-order valence-electron chi connectivity index (χ1n) is 8.59. The second kappa shape index (κ2) is 7.05. The van der Waals surface area contributed by atoms with Crippen molar-refractivity contribution in [1.82, 2.24) is 19.9 Å². The molecule has 3 aromatic rings. The smallest absolute Gasteiger partial charge is 0.253 e. The van der Waals surface area contributed by atoms with Gasteiger partial charge in [0.15, 0.2) is 0 Å². The van der Waals surface area contributed by atoms with Gasteiger partial charge in [0.25, 0.3) is 5.91 Å². The molecule has 2 aromatic heterocycles. The molecule has 0 spiro atoms. The van der Waals surface area contributed by atoms with E-state index in [0.29, 0.717) is 22.9 Å². The van der Waals surface area contributed by atoms with Gasteiger partial charge in [-0.2, -0.15) is 0 Å². The zero-order valence-electron chi connectivity index (χ0n) is 14.0. The van der Waals surface area contributed by atoms with Crippen LogP contribution in [0.3, 0.4) is 0 Å². The van der Waals surface area contributed by atoms with Crippen LogP contribution in [0.5, 0.6) is 0 Å². The molecule has 0 saturated heterocycles. The minimum atomic E-state index is -0.562. The number of fused-ring (bicyclic) bond motifs is 1. The number of hydrogen-bond acceptors (Lipinski definition) is 4. The molecule has 0 radical (unpaired) electrons. The lowest BCUT2D eigenvalue weighted by Gasteiger charge is -2.17. The number of pyridine rings is 1. The van der Waals surface area contributed by atoms with Crippen LogP contribution in [0.2, 0.25) is 5.02 Å². The second-order valence-corrected chi connectivity index (χ2v) is 7.12. The van der Waals surface area contributed by atoms with Crippen LogP contribution < -0.4 is 5.32 Å². The van der Waals surface area contributed by atoms with Crippen molar-refractivity contribution in [3.63, 3.8) is 0 Å². The molecule has 6 nitrogen and oxygen atoms in total. The summed E-state index contributed by atoms with van der Waals surface area (Å²) in [6, 6.07) is 6.81. The summed E-state index contributed by atoms with van der Waals surface area (Å²) in [5.41, 5.74) is 1.15. The Kier molecular flexibility index (Phi) is 4.61. The van der Waals surface area contributed by atoms with E-state index in [2.05, 4.69) is 15.3 Å². The van der Waals surface area contributed by atoms with Crippen molar-refractivity contribution in [1.29, 1.82) is 0 Å². The van der Waals surface area contributed by atoms with E-state index >= 15 is 0 Å². The molecule has 134 valence electrons. The molecule has 1 aliphatic carbocycles. The quantitative estimate of drug-likeness (QED) is 0.740. The minimum absolute atomic E-state index is 0.270. The molecule has 7 heteroatoms. The third-order valence-corrected chi connectivity index (χ3v) is 5.34. The first-order valence-corrected chi connectivity index (χ1v) is 8.97. The number of rotatable bonds is 4. The van der Waals surface area contributed by atoms with Gasteiger partial charge >= 0.3 is 0 Å².